The SMILES string of the molecule is O=C(NCc1ccc(Cl)cc1)c1cccn(Cc2ccc3c(c2)OC(F)(F)O3)c1=O. The van der Waals surface area contributed by atoms with Gasteiger partial charge in [0.05, 0.1) is 6.54 Å². The number of ether oxygens (including phenoxy) is 2. The van der Waals surface area contributed by atoms with E-state index in [0.717, 1.165) is 5.56 Å². The van der Waals surface area contributed by atoms with E-state index in [4.69, 9.17) is 11.6 Å². The van der Waals surface area contributed by atoms with Crippen molar-refractivity contribution in [2.45, 2.75) is 19.4 Å². The quantitative estimate of drug-likeness (QED) is 0.665. The van der Waals surface area contributed by atoms with Crippen LogP contribution >= 0.6 is 11.6 Å². The highest BCUT2D eigenvalue weighted by atomic mass is 35.5. The second-order valence-corrected chi connectivity index (χ2v) is 7.05. The van der Waals surface area contributed by atoms with Crippen LogP contribution in [0.4, 0.5) is 8.78 Å². The van der Waals surface area contributed by atoms with Gasteiger partial charge in [0.15, 0.2) is 11.5 Å². The molecule has 3 aromatic rings. The summed E-state index contributed by atoms with van der Waals surface area (Å²) in [4.78, 5) is 25.2. The Morgan fingerprint density at radius 3 is 2.50 bits per heavy atom. The molecule has 0 aliphatic carbocycles. The van der Waals surface area contributed by atoms with Crippen molar-refractivity contribution in [3.63, 3.8) is 0 Å². The molecule has 1 amide bonds. The number of halogens is 3. The molecule has 1 N–H and O–H groups in total. The number of nitrogens with one attached hydrogen (secondary N) is 1. The van der Waals surface area contributed by atoms with E-state index in [0.29, 0.717) is 10.6 Å². The summed E-state index contributed by atoms with van der Waals surface area (Å²) in [7, 11) is 0. The van der Waals surface area contributed by atoms with Crippen LogP contribution in [0.2, 0.25) is 5.02 Å². The van der Waals surface area contributed by atoms with E-state index in [1.807, 2.05) is 0 Å². The zero-order valence-corrected chi connectivity index (χ0v) is 16.2. The van der Waals surface area contributed by atoms with E-state index in [1.54, 1.807) is 36.4 Å². The summed E-state index contributed by atoms with van der Waals surface area (Å²) in [5, 5.41) is 3.28. The Morgan fingerprint density at radius 2 is 1.73 bits per heavy atom. The van der Waals surface area contributed by atoms with Crippen LogP contribution in [-0.4, -0.2) is 16.8 Å². The molecule has 0 saturated carbocycles. The second-order valence-electron chi connectivity index (χ2n) is 6.61. The van der Waals surface area contributed by atoms with Gasteiger partial charge in [0.2, 0.25) is 0 Å². The number of benzene rings is 2. The van der Waals surface area contributed by atoms with Crippen molar-refractivity contribution in [3.8, 4) is 11.5 Å². The maximum absolute atomic E-state index is 13.2. The number of carbonyl (C=O) groups excluding carboxylic acids is 1. The van der Waals surface area contributed by atoms with Gasteiger partial charge in [0, 0.05) is 17.8 Å². The van der Waals surface area contributed by atoms with Gasteiger partial charge in [0.25, 0.3) is 11.5 Å². The molecule has 6 nitrogen and oxygen atoms in total. The monoisotopic (exact) mass is 432 g/mol. The predicted molar refractivity (Wildman–Crippen MR) is 105 cm³/mol. The smallest absolute Gasteiger partial charge is 0.395 e. The molecule has 1 aliphatic rings. The lowest BCUT2D eigenvalue weighted by atomic mass is 10.2. The lowest BCUT2D eigenvalue weighted by Crippen LogP contribution is -2.32. The molecule has 9 heteroatoms. The number of alkyl halides is 2. The van der Waals surface area contributed by atoms with Crippen LogP contribution < -0.4 is 20.3 Å². The predicted octanol–water partition coefficient (Wildman–Crippen LogP) is 3.80. The molecule has 0 atom stereocenters. The second kappa shape index (κ2) is 7.79. The number of fused-ring (bicyclic) bond motifs is 1. The largest absolute Gasteiger partial charge is 0.586 e. The highest BCUT2D eigenvalue weighted by Crippen LogP contribution is 2.41. The molecular weight excluding hydrogens is 418 g/mol. The van der Waals surface area contributed by atoms with Gasteiger partial charge in [-0.05, 0) is 47.5 Å². The van der Waals surface area contributed by atoms with Crippen LogP contribution in [0.25, 0.3) is 0 Å². The first kappa shape index (κ1) is 19.9. The van der Waals surface area contributed by atoms with Gasteiger partial charge in [-0.2, -0.15) is 0 Å². The molecule has 154 valence electrons. The normalized spacial score (nSPS) is 13.8. The molecule has 2 heterocycles. The van der Waals surface area contributed by atoms with Crippen molar-refractivity contribution in [1.82, 2.24) is 9.88 Å². The fourth-order valence-corrected chi connectivity index (χ4v) is 3.13. The molecule has 4 rings (SSSR count). The Bertz CT molecular complexity index is 1160. The van der Waals surface area contributed by atoms with Crippen molar-refractivity contribution in [3.05, 3.63) is 92.9 Å². The summed E-state index contributed by atoms with van der Waals surface area (Å²) in [6.07, 6.45) is -2.20. The Morgan fingerprint density at radius 1 is 1.03 bits per heavy atom. The van der Waals surface area contributed by atoms with Gasteiger partial charge in [-0.25, -0.2) is 0 Å². The molecule has 1 aliphatic heterocycles. The summed E-state index contributed by atoms with van der Waals surface area (Å²) in [5.41, 5.74) is 0.838. The standard InChI is InChI=1S/C21H15ClF2N2O4/c22-15-6-3-13(4-7-15)11-25-19(27)16-2-1-9-26(20(16)28)12-14-5-8-17-18(10-14)30-21(23,24)29-17/h1-10H,11-12H2,(H,25,27). The maximum Gasteiger partial charge on any atom is 0.586 e. The molecule has 2 aromatic carbocycles. The number of aromatic nitrogens is 1. The average Bonchev–Trinajstić information content (AvgIpc) is 3.02. The number of carbonyl (C=O) groups is 1. The molecule has 0 spiro atoms. The van der Waals surface area contributed by atoms with E-state index in [-0.39, 0.29) is 30.2 Å². The Kier molecular flexibility index (Phi) is 5.17. The molecule has 0 unspecified atom stereocenters. The third kappa shape index (κ3) is 4.28. The summed E-state index contributed by atoms with van der Waals surface area (Å²) >= 11 is 5.84. The van der Waals surface area contributed by atoms with E-state index in [2.05, 4.69) is 14.8 Å². The minimum absolute atomic E-state index is 0.0289. The van der Waals surface area contributed by atoms with Crippen LogP contribution in [0.3, 0.4) is 0 Å². The number of hydrogen-bond acceptors (Lipinski definition) is 4. The van der Waals surface area contributed by atoms with Crippen LogP contribution in [0.1, 0.15) is 21.5 Å². The first-order chi connectivity index (χ1) is 14.3. The van der Waals surface area contributed by atoms with Crippen LogP contribution in [-0.2, 0) is 13.1 Å². The third-order valence-corrected chi connectivity index (χ3v) is 4.70. The number of pyridine rings is 1. The molecule has 1 aromatic heterocycles. The Hall–Kier alpha value is -3.39. The van der Waals surface area contributed by atoms with Crippen LogP contribution in [0.15, 0.2) is 65.6 Å². The lowest BCUT2D eigenvalue weighted by Gasteiger charge is -2.10. The summed E-state index contributed by atoms with van der Waals surface area (Å²) in [6.45, 7) is 0.306. The molecule has 0 saturated heterocycles. The van der Waals surface area contributed by atoms with E-state index in [9.17, 15) is 18.4 Å². The van der Waals surface area contributed by atoms with Gasteiger partial charge in [-0.15, -0.1) is 8.78 Å². The number of rotatable bonds is 5. The van der Waals surface area contributed by atoms with Gasteiger partial charge in [-0.3, -0.25) is 9.59 Å². The number of nitrogens with zero attached hydrogens (tertiary/aromatic N) is 1. The molecular formula is C21H15ClF2N2O4. The minimum atomic E-state index is -3.71. The highest BCUT2D eigenvalue weighted by molar-refractivity contribution is 6.30. The van der Waals surface area contributed by atoms with Crippen molar-refractivity contribution in [2.24, 2.45) is 0 Å². The van der Waals surface area contributed by atoms with Crippen molar-refractivity contribution in [2.75, 3.05) is 0 Å². The number of hydrogen-bond donors (Lipinski definition) is 1. The van der Waals surface area contributed by atoms with Crippen LogP contribution in [0, 0.1) is 0 Å². The first-order valence-electron chi connectivity index (χ1n) is 8.92. The lowest BCUT2D eigenvalue weighted by molar-refractivity contribution is -0.286. The summed E-state index contributed by atoms with van der Waals surface area (Å²) in [6, 6.07) is 14.2. The van der Waals surface area contributed by atoms with E-state index < -0.39 is 17.8 Å². The zero-order chi connectivity index (χ0) is 21.3. The van der Waals surface area contributed by atoms with Crippen molar-refractivity contribution >= 4 is 17.5 Å². The minimum Gasteiger partial charge on any atom is -0.395 e. The highest BCUT2D eigenvalue weighted by Gasteiger charge is 2.43. The maximum atomic E-state index is 13.2. The Balaban J connectivity index is 1.49. The van der Waals surface area contributed by atoms with E-state index in [1.165, 1.54) is 29.0 Å². The van der Waals surface area contributed by atoms with Crippen molar-refractivity contribution < 1.29 is 23.0 Å². The van der Waals surface area contributed by atoms with Gasteiger partial charge < -0.3 is 19.4 Å². The first-order valence-corrected chi connectivity index (χ1v) is 9.29. The topological polar surface area (TPSA) is 69.6 Å². The van der Waals surface area contributed by atoms with Gasteiger partial charge in [0.1, 0.15) is 5.56 Å². The molecule has 30 heavy (non-hydrogen) atoms. The number of amides is 1. The molecule has 0 radical (unpaired) electrons. The summed E-state index contributed by atoms with van der Waals surface area (Å²) < 4.78 is 36.4. The fourth-order valence-electron chi connectivity index (χ4n) is 3.00. The third-order valence-electron chi connectivity index (χ3n) is 4.45. The van der Waals surface area contributed by atoms with Gasteiger partial charge >= 0.3 is 6.29 Å². The van der Waals surface area contributed by atoms with E-state index >= 15 is 0 Å². The van der Waals surface area contributed by atoms with Gasteiger partial charge in [-0.1, -0.05) is 29.8 Å². The molecule has 0 fully saturated rings. The summed E-state index contributed by atoms with van der Waals surface area (Å²) in [5.74, 6) is -0.705. The average molecular weight is 433 g/mol. The zero-order valence-electron chi connectivity index (χ0n) is 15.4. The molecule has 0 bridgehead atoms. The Labute approximate surface area is 174 Å². The van der Waals surface area contributed by atoms with Crippen LogP contribution in [0.5, 0.6) is 11.5 Å². The van der Waals surface area contributed by atoms with Crippen molar-refractivity contribution in [1.29, 1.82) is 0 Å². The fraction of sp³-hybridized carbons (Fsp3) is 0.143.